The second kappa shape index (κ2) is 17.3. The van der Waals surface area contributed by atoms with Crippen LogP contribution in [0.2, 0.25) is 0 Å². The van der Waals surface area contributed by atoms with Gasteiger partial charge in [-0.1, -0.05) is 24.3 Å². The Labute approximate surface area is 168 Å². The molecule has 0 bridgehead atoms. The first-order chi connectivity index (χ1) is 14.4. The first-order valence-corrected chi connectivity index (χ1v) is 8.24. The molecule has 0 N–H and O–H groups in total. The molecule has 28 heavy (non-hydrogen) atoms. The average molecular weight is 401 g/mol. The minimum atomic E-state index is -0.468. The van der Waals surface area contributed by atoms with Crippen molar-refractivity contribution in [2.24, 2.45) is 11.8 Å². The van der Waals surface area contributed by atoms with Crippen LogP contribution >= 0.6 is 0 Å². The Bertz CT molecular complexity index is 550. The molecule has 8 heteroatoms. The number of allylic oxidation sites excluding steroid dienone is 2. The molecule has 2 unspecified atom stereocenters. The summed E-state index contributed by atoms with van der Waals surface area (Å²) in [6.45, 7) is 6.00. The van der Waals surface area contributed by atoms with E-state index < -0.39 is 11.9 Å². The SMILES string of the molecule is C=C.COC(=O)/C=C\C=C\C(=O)OC.COC(=O)C1C=CC(C(=O)OC)CC1.[2H][3H]. The van der Waals surface area contributed by atoms with Crippen LogP contribution in [0.15, 0.2) is 49.6 Å². The zero-order valence-corrected chi connectivity index (χ0v) is 16.7. The zero-order valence-electron chi connectivity index (χ0n) is 18.7. The molecule has 1 rings (SSSR count). The average Bonchev–Trinajstić information content (AvgIpc) is 2.83. The van der Waals surface area contributed by atoms with Gasteiger partial charge in [0.05, 0.1) is 40.3 Å². The summed E-state index contributed by atoms with van der Waals surface area (Å²) in [6.07, 6.45) is 9.89. The summed E-state index contributed by atoms with van der Waals surface area (Å²) in [6, 6.07) is 0. The summed E-state index contributed by atoms with van der Waals surface area (Å²) in [7, 11) is 5.28. The van der Waals surface area contributed by atoms with Gasteiger partial charge in [-0.05, 0) is 12.8 Å². The van der Waals surface area contributed by atoms with Crippen molar-refractivity contribution in [2.75, 3.05) is 28.4 Å². The molecule has 0 aromatic heterocycles. The zero-order chi connectivity index (χ0) is 23.9. The summed E-state index contributed by atoms with van der Waals surface area (Å²) in [5, 5.41) is 0. The van der Waals surface area contributed by atoms with Crippen LogP contribution in [-0.4, -0.2) is 52.3 Å². The summed E-state index contributed by atoms with van der Waals surface area (Å²) >= 11 is 0. The van der Waals surface area contributed by atoms with Crippen molar-refractivity contribution >= 4 is 23.9 Å². The van der Waals surface area contributed by atoms with E-state index in [0.29, 0.717) is 12.8 Å². The largest absolute Gasteiger partial charge is 0.469 e. The smallest absolute Gasteiger partial charge is 0.330 e. The van der Waals surface area contributed by atoms with Crippen molar-refractivity contribution in [3.05, 3.63) is 49.6 Å². The molecule has 1 aliphatic carbocycles. The highest BCUT2D eigenvalue weighted by molar-refractivity contribution is 5.84. The quantitative estimate of drug-likeness (QED) is 0.227. The fraction of sp³-hybridized carbons (Fsp3) is 0.400. The molecule has 0 aliphatic heterocycles. The van der Waals surface area contributed by atoms with Gasteiger partial charge < -0.3 is 18.9 Å². The van der Waals surface area contributed by atoms with Gasteiger partial charge in [0.15, 0.2) is 0 Å². The summed E-state index contributed by atoms with van der Waals surface area (Å²) in [5.74, 6) is -1.84. The lowest BCUT2D eigenvalue weighted by Crippen LogP contribution is -2.23. The molecule has 0 aromatic carbocycles. The minimum Gasteiger partial charge on any atom is -0.469 e. The van der Waals surface area contributed by atoms with Gasteiger partial charge >= 0.3 is 23.9 Å². The molecule has 0 amide bonds. The van der Waals surface area contributed by atoms with E-state index >= 15 is 0 Å². The number of carbonyl (C=O) groups is 4. The first kappa shape index (κ1) is 24.8. The topological polar surface area (TPSA) is 105 Å². The number of methoxy groups -OCH3 is 4. The monoisotopic (exact) mass is 401 g/mol. The lowest BCUT2D eigenvalue weighted by Gasteiger charge is -2.19. The standard InChI is InChI=1S/C10H14O4.C8H10O4.C2H4.H2/c1-13-9(11)7-3-5-8(6-4-7)10(12)14-2;1-11-7(9)5-3-4-6-8(10)12-2;1-2;/h3,5,7-8H,4,6H2,1-2H3;3-6H,1-2H3;1-2H2;1H/b;5-3-,6-4+;;/i;;;1+2D. The summed E-state index contributed by atoms with van der Waals surface area (Å²) in [5.41, 5.74) is 0. The van der Waals surface area contributed by atoms with Crippen LogP contribution in [0, 0.1) is 11.8 Å². The molecule has 1 aliphatic rings. The molecular formula is C20H30O8. The highest BCUT2D eigenvalue weighted by atomic mass is 16.5. The van der Waals surface area contributed by atoms with Gasteiger partial charge in [0.1, 0.15) is 0 Å². The Hall–Kier alpha value is -3.16. The number of rotatable bonds is 5. The van der Waals surface area contributed by atoms with Crippen LogP contribution in [0.25, 0.3) is 0 Å². The van der Waals surface area contributed by atoms with Crippen LogP contribution in [0.1, 0.15) is 15.8 Å². The summed E-state index contributed by atoms with van der Waals surface area (Å²) < 4.78 is 27.8. The Morgan fingerprint density at radius 1 is 0.821 bits per heavy atom. The Morgan fingerprint density at radius 3 is 1.36 bits per heavy atom. The first-order valence-electron chi connectivity index (χ1n) is 9.24. The molecule has 2 atom stereocenters. The van der Waals surface area contributed by atoms with Gasteiger partial charge in [-0.2, -0.15) is 0 Å². The normalized spacial score (nSPS) is 17.7. The lowest BCUT2D eigenvalue weighted by atomic mass is 9.89. The third kappa shape index (κ3) is 12.2. The van der Waals surface area contributed by atoms with E-state index in [1.807, 2.05) is 0 Å². The third-order valence-electron chi connectivity index (χ3n) is 3.35. The third-order valence-corrected chi connectivity index (χ3v) is 3.35. The predicted octanol–water partition coefficient (Wildman–Crippen LogP) is 2.41. The Kier molecular flexibility index (Phi) is 15.3. The van der Waals surface area contributed by atoms with E-state index in [1.165, 1.54) is 52.7 Å². The molecule has 0 heterocycles. The van der Waals surface area contributed by atoms with Crippen LogP contribution in [0.3, 0.4) is 0 Å². The van der Waals surface area contributed by atoms with Gasteiger partial charge in [0, 0.05) is 15.1 Å². The second-order valence-corrected chi connectivity index (χ2v) is 4.99. The number of carbonyl (C=O) groups excluding carboxylic acids is 4. The van der Waals surface area contributed by atoms with Gasteiger partial charge in [-0.3, -0.25) is 9.59 Å². The minimum absolute atomic E-state index is 0.207. The second-order valence-electron chi connectivity index (χ2n) is 4.99. The molecule has 0 saturated carbocycles. The van der Waals surface area contributed by atoms with Gasteiger partial charge in [0.25, 0.3) is 0 Å². The fourth-order valence-corrected chi connectivity index (χ4v) is 1.92. The molecular weight excluding hydrogens is 368 g/mol. The molecule has 8 nitrogen and oxygen atoms in total. The highest BCUT2D eigenvalue weighted by Gasteiger charge is 2.26. The van der Waals surface area contributed by atoms with Crippen molar-refractivity contribution in [2.45, 2.75) is 12.8 Å². The van der Waals surface area contributed by atoms with Crippen LogP contribution in [0.4, 0.5) is 0 Å². The Balaban J connectivity index is -0.000000421. The van der Waals surface area contributed by atoms with E-state index in [4.69, 9.17) is 2.97 Å². The summed E-state index contributed by atoms with van der Waals surface area (Å²) in [4.78, 5) is 43.2. The lowest BCUT2D eigenvalue weighted by molar-refractivity contribution is -0.147. The number of hydrogen-bond acceptors (Lipinski definition) is 8. The van der Waals surface area contributed by atoms with E-state index in [0.717, 1.165) is 0 Å². The molecule has 0 radical (unpaired) electrons. The fourth-order valence-electron chi connectivity index (χ4n) is 1.92. The highest BCUT2D eigenvalue weighted by Crippen LogP contribution is 2.23. The number of hydrogen-bond donors (Lipinski definition) is 0. The molecule has 0 fully saturated rings. The van der Waals surface area contributed by atoms with Gasteiger partial charge in [0.2, 0.25) is 0 Å². The van der Waals surface area contributed by atoms with Crippen LogP contribution < -0.4 is 0 Å². The molecule has 0 saturated heterocycles. The van der Waals surface area contributed by atoms with E-state index in [1.54, 1.807) is 12.2 Å². The molecule has 0 spiro atoms. The molecule has 158 valence electrons. The van der Waals surface area contributed by atoms with Gasteiger partial charge in [-0.25, -0.2) is 9.59 Å². The van der Waals surface area contributed by atoms with Crippen molar-refractivity contribution in [3.63, 3.8) is 0 Å². The van der Waals surface area contributed by atoms with E-state index in [9.17, 15) is 19.2 Å². The molecule has 0 aromatic rings. The van der Waals surface area contributed by atoms with E-state index in [-0.39, 0.29) is 23.8 Å². The Morgan fingerprint density at radius 2 is 1.14 bits per heavy atom. The van der Waals surface area contributed by atoms with Gasteiger partial charge in [-0.15, -0.1) is 13.2 Å². The van der Waals surface area contributed by atoms with Crippen molar-refractivity contribution < 1.29 is 41.1 Å². The van der Waals surface area contributed by atoms with Crippen LogP contribution in [0.5, 0.6) is 0 Å². The van der Waals surface area contributed by atoms with Crippen molar-refractivity contribution in [1.29, 1.82) is 0 Å². The van der Waals surface area contributed by atoms with Crippen LogP contribution in [-0.2, 0) is 38.1 Å². The maximum atomic E-state index is 11.1. The number of esters is 4. The predicted molar refractivity (Wildman–Crippen MR) is 105 cm³/mol. The maximum Gasteiger partial charge on any atom is 0.330 e. The van der Waals surface area contributed by atoms with Crippen molar-refractivity contribution in [3.8, 4) is 0 Å². The van der Waals surface area contributed by atoms with Crippen molar-refractivity contribution in [1.82, 2.24) is 0 Å². The van der Waals surface area contributed by atoms with E-state index in [2.05, 4.69) is 32.1 Å². The maximum absolute atomic E-state index is 11.1. The number of ether oxygens (including phenoxy) is 4.